The molecule has 1 amide bonds. The SMILES string of the molecule is CC(C)[C@H](NC(=O)c1ccc(S(=O)(=O)N2CCOCC2)cc1)c1ccc2c(c1)OCCCO2. The number of morpholine rings is 1. The molecule has 2 aliphatic rings. The van der Waals surface area contributed by atoms with Crippen LogP contribution in [0, 0.1) is 5.92 Å². The topological polar surface area (TPSA) is 94.2 Å². The second kappa shape index (κ2) is 10.1. The standard InChI is InChI=1S/C24H30N2O6S/c1-17(2)23(19-6-9-21-22(16-19)32-13-3-12-31-21)25-24(27)18-4-7-20(8-5-18)33(28,29)26-10-14-30-15-11-26/h4-9,16-17,23H,3,10-15H2,1-2H3,(H,25,27)/t23-/m0/s1. The van der Waals surface area contributed by atoms with E-state index >= 15 is 0 Å². The first-order valence-corrected chi connectivity index (χ1v) is 12.7. The van der Waals surface area contributed by atoms with Crippen molar-refractivity contribution < 1.29 is 27.4 Å². The number of fused-ring (bicyclic) bond motifs is 1. The Morgan fingerprint density at radius 3 is 2.27 bits per heavy atom. The van der Waals surface area contributed by atoms with Crippen LogP contribution in [-0.2, 0) is 14.8 Å². The minimum Gasteiger partial charge on any atom is -0.490 e. The van der Waals surface area contributed by atoms with E-state index in [9.17, 15) is 13.2 Å². The van der Waals surface area contributed by atoms with Gasteiger partial charge in [-0.1, -0.05) is 19.9 Å². The summed E-state index contributed by atoms with van der Waals surface area (Å²) in [4.78, 5) is 13.2. The lowest BCUT2D eigenvalue weighted by Gasteiger charge is -2.26. The highest BCUT2D eigenvalue weighted by atomic mass is 32.2. The fraction of sp³-hybridized carbons (Fsp3) is 0.458. The lowest BCUT2D eigenvalue weighted by atomic mass is 9.95. The third-order valence-electron chi connectivity index (χ3n) is 5.81. The molecule has 0 aromatic heterocycles. The van der Waals surface area contributed by atoms with Crippen molar-refractivity contribution in [3.63, 3.8) is 0 Å². The molecule has 0 aliphatic carbocycles. The van der Waals surface area contributed by atoms with Crippen molar-refractivity contribution >= 4 is 15.9 Å². The number of nitrogens with zero attached hydrogens (tertiary/aromatic N) is 1. The van der Waals surface area contributed by atoms with Crippen molar-refractivity contribution in [1.29, 1.82) is 0 Å². The van der Waals surface area contributed by atoms with Gasteiger partial charge in [0.2, 0.25) is 10.0 Å². The number of rotatable bonds is 6. The van der Waals surface area contributed by atoms with Crippen LogP contribution in [0.25, 0.3) is 0 Å². The van der Waals surface area contributed by atoms with Gasteiger partial charge in [0.15, 0.2) is 11.5 Å². The van der Waals surface area contributed by atoms with Gasteiger partial charge < -0.3 is 19.5 Å². The Kier molecular flexibility index (Phi) is 7.21. The minimum atomic E-state index is -3.60. The maximum atomic E-state index is 13.0. The highest BCUT2D eigenvalue weighted by Gasteiger charge is 2.27. The molecule has 0 saturated carbocycles. The van der Waals surface area contributed by atoms with Gasteiger partial charge in [-0.2, -0.15) is 4.31 Å². The summed E-state index contributed by atoms with van der Waals surface area (Å²) < 4.78 is 43.8. The summed E-state index contributed by atoms with van der Waals surface area (Å²) in [5.74, 6) is 1.25. The molecule has 2 heterocycles. The van der Waals surface area contributed by atoms with Crippen LogP contribution < -0.4 is 14.8 Å². The summed E-state index contributed by atoms with van der Waals surface area (Å²) in [6.45, 7) is 6.71. The molecule has 8 nitrogen and oxygen atoms in total. The number of carbonyl (C=O) groups is 1. The molecule has 9 heteroatoms. The number of hydrogen-bond donors (Lipinski definition) is 1. The Morgan fingerprint density at radius 1 is 0.939 bits per heavy atom. The van der Waals surface area contributed by atoms with Crippen molar-refractivity contribution in [2.24, 2.45) is 5.92 Å². The van der Waals surface area contributed by atoms with Crippen LogP contribution in [0.3, 0.4) is 0 Å². The van der Waals surface area contributed by atoms with Crippen LogP contribution >= 0.6 is 0 Å². The average Bonchev–Trinajstić information content (AvgIpc) is 3.08. The van der Waals surface area contributed by atoms with E-state index in [-0.39, 0.29) is 22.8 Å². The predicted octanol–water partition coefficient (Wildman–Crippen LogP) is 3.00. The van der Waals surface area contributed by atoms with Crippen LogP contribution in [0.1, 0.15) is 42.2 Å². The Hall–Kier alpha value is -2.62. The second-order valence-corrected chi connectivity index (χ2v) is 10.4. The number of nitrogens with one attached hydrogen (secondary N) is 1. The van der Waals surface area contributed by atoms with Gasteiger partial charge >= 0.3 is 0 Å². The lowest BCUT2D eigenvalue weighted by molar-refractivity contribution is 0.0730. The van der Waals surface area contributed by atoms with Crippen LogP contribution in [0.2, 0.25) is 0 Å². The molecular formula is C24H30N2O6S. The van der Waals surface area contributed by atoms with E-state index in [1.165, 1.54) is 16.4 Å². The van der Waals surface area contributed by atoms with Crippen LogP contribution in [0.15, 0.2) is 47.4 Å². The quantitative estimate of drug-likeness (QED) is 0.692. The number of benzene rings is 2. The molecule has 0 bridgehead atoms. The zero-order valence-electron chi connectivity index (χ0n) is 19.0. The monoisotopic (exact) mass is 474 g/mol. The average molecular weight is 475 g/mol. The second-order valence-electron chi connectivity index (χ2n) is 8.49. The molecule has 2 aromatic rings. The van der Waals surface area contributed by atoms with E-state index in [2.05, 4.69) is 5.32 Å². The van der Waals surface area contributed by atoms with E-state index in [0.29, 0.717) is 56.6 Å². The third kappa shape index (κ3) is 5.31. The molecule has 2 aromatic carbocycles. The van der Waals surface area contributed by atoms with E-state index in [0.717, 1.165) is 12.0 Å². The van der Waals surface area contributed by atoms with Crippen molar-refractivity contribution in [3.8, 4) is 11.5 Å². The number of sulfonamides is 1. The van der Waals surface area contributed by atoms with Crippen LogP contribution in [-0.4, -0.2) is 58.1 Å². The minimum absolute atomic E-state index is 0.125. The van der Waals surface area contributed by atoms with E-state index in [1.807, 2.05) is 32.0 Å². The molecule has 2 aliphatic heterocycles. The molecule has 4 rings (SSSR count). The fourth-order valence-electron chi connectivity index (χ4n) is 3.95. The van der Waals surface area contributed by atoms with Crippen molar-refractivity contribution in [2.45, 2.75) is 31.2 Å². The molecular weight excluding hydrogens is 444 g/mol. The lowest BCUT2D eigenvalue weighted by Crippen LogP contribution is -2.40. The maximum Gasteiger partial charge on any atom is 0.251 e. The van der Waals surface area contributed by atoms with E-state index in [1.54, 1.807) is 12.1 Å². The number of amides is 1. The van der Waals surface area contributed by atoms with Crippen molar-refractivity contribution in [3.05, 3.63) is 53.6 Å². The summed E-state index contributed by atoms with van der Waals surface area (Å²) in [6, 6.07) is 11.6. The Bertz CT molecular complexity index is 1080. The summed E-state index contributed by atoms with van der Waals surface area (Å²) >= 11 is 0. The summed E-state index contributed by atoms with van der Waals surface area (Å²) in [5, 5.41) is 3.08. The normalized spacial score (nSPS) is 17.9. The molecule has 0 radical (unpaired) electrons. The molecule has 33 heavy (non-hydrogen) atoms. The summed E-state index contributed by atoms with van der Waals surface area (Å²) in [6.07, 6.45) is 0.825. The van der Waals surface area contributed by atoms with Gasteiger partial charge in [-0.25, -0.2) is 8.42 Å². The molecule has 1 N–H and O–H groups in total. The van der Waals surface area contributed by atoms with Crippen LogP contribution in [0.4, 0.5) is 0 Å². The Labute approximate surface area is 194 Å². The van der Waals surface area contributed by atoms with Gasteiger partial charge in [0.1, 0.15) is 0 Å². The summed E-state index contributed by atoms with van der Waals surface area (Å²) in [5.41, 5.74) is 1.32. The third-order valence-corrected chi connectivity index (χ3v) is 7.72. The summed E-state index contributed by atoms with van der Waals surface area (Å²) in [7, 11) is -3.60. The highest BCUT2D eigenvalue weighted by Crippen LogP contribution is 2.34. The van der Waals surface area contributed by atoms with Crippen molar-refractivity contribution in [2.75, 3.05) is 39.5 Å². The van der Waals surface area contributed by atoms with E-state index in [4.69, 9.17) is 14.2 Å². The highest BCUT2D eigenvalue weighted by molar-refractivity contribution is 7.89. The molecule has 1 saturated heterocycles. The number of carbonyl (C=O) groups excluding carboxylic acids is 1. The fourth-order valence-corrected chi connectivity index (χ4v) is 5.36. The van der Waals surface area contributed by atoms with Gasteiger partial charge in [0, 0.05) is 25.1 Å². The zero-order chi connectivity index (χ0) is 23.4. The Morgan fingerprint density at radius 2 is 1.61 bits per heavy atom. The van der Waals surface area contributed by atoms with Crippen molar-refractivity contribution in [1.82, 2.24) is 9.62 Å². The van der Waals surface area contributed by atoms with Gasteiger partial charge in [0.25, 0.3) is 5.91 Å². The molecule has 0 unspecified atom stereocenters. The van der Waals surface area contributed by atoms with E-state index < -0.39 is 10.0 Å². The molecule has 1 fully saturated rings. The van der Waals surface area contributed by atoms with Gasteiger partial charge in [-0.3, -0.25) is 4.79 Å². The molecule has 178 valence electrons. The number of ether oxygens (including phenoxy) is 3. The van der Waals surface area contributed by atoms with Gasteiger partial charge in [-0.05, 0) is 47.9 Å². The largest absolute Gasteiger partial charge is 0.490 e. The first-order chi connectivity index (χ1) is 15.9. The first-order valence-electron chi connectivity index (χ1n) is 11.2. The Balaban J connectivity index is 1.49. The number of hydrogen-bond acceptors (Lipinski definition) is 6. The van der Waals surface area contributed by atoms with Gasteiger partial charge in [0.05, 0.1) is 37.4 Å². The maximum absolute atomic E-state index is 13.0. The first kappa shape index (κ1) is 23.5. The smallest absolute Gasteiger partial charge is 0.251 e. The zero-order valence-corrected chi connectivity index (χ0v) is 19.8. The predicted molar refractivity (Wildman–Crippen MR) is 123 cm³/mol. The van der Waals surface area contributed by atoms with Crippen LogP contribution in [0.5, 0.6) is 11.5 Å². The molecule has 0 spiro atoms. The van der Waals surface area contributed by atoms with Gasteiger partial charge in [-0.15, -0.1) is 0 Å². The molecule has 1 atom stereocenters.